The van der Waals surface area contributed by atoms with Gasteiger partial charge in [0, 0.05) is 0 Å². The number of nitrogens with two attached hydrogens (primary N) is 1. The maximum atomic E-state index is 13.2. The average Bonchev–Trinajstić information content (AvgIpc) is 2.21. The van der Waals surface area contributed by atoms with Crippen LogP contribution in [0.15, 0.2) is 18.2 Å². The Bertz CT molecular complexity index is 427. The molecule has 3 nitrogen and oxygen atoms in total. The van der Waals surface area contributed by atoms with Crippen LogP contribution in [0.3, 0.4) is 0 Å². The van der Waals surface area contributed by atoms with Gasteiger partial charge in [-0.1, -0.05) is 18.6 Å². The van der Waals surface area contributed by atoms with Crippen molar-refractivity contribution < 1.29 is 9.18 Å². The molecule has 86 valence electrons. The van der Waals surface area contributed by atoms with Gasteiger partial charge in [0.05, 0.1) is 5.41 Å². The monoisotopic (exact) mass is 222 g/mol. The SMILES string of the molecule is Cc1cc(C2(C(=O)NN)CCC2)ccc1F. The molecule has 0 aromatic heterocycles. The van der Waals surface area contributed by atoms with Crippen LogP contribution in [0, 0.1) is 12.7 Å². The predicted molar refractivity (Wildman–Crippen MR) is 59.0 cm³/mol. The van der Waals surface area contributed by atoms with Crippen molar-refractivity contribution in [1.82, 2.24) is 5.43 Å². The highest BCUT2D eigenvalue weighted by Gasteiger charge is 2.45. The van der Waals surface area contributed by atoms with E-state index in [2.05, 4.69) is 5.43 Å². The molecule has 0 saturated heterocycles. The number of nitrogens with one attached hydrogen (secondary N) is 1. The van der Waals surface area contributed by atoms with Gasteiger partial charge in [-0.25, -0.2) is 10.2 Å². The molecule has 0 unspecified atom stereocenters. The molecule has 3 N–H and O–H groups in total. The summed E-state index contributed by atoms with van der Waals surface area (Å²) in [4.78, 5) is 11.8. The van der Waals surface area contributed by atoms with Crippen LogP contribution in [0.25, 0.3) is 0 Å². The first kappa shape index (κ1) is 11.1. The highest BCUT2D eigenvalue weighted by atomic mass is 19.1. The number of halogens is 1. The lowest BCUT2D eigenvalue weighted by molar-refractivity contribution is -0.130. The minimum atomic E-state index is -0.535. The van der Waals surface area contributed by atoms with E-state index in [-0.39, 0.29) is 11.7 Å². The maximum Gasteiger partial charge on any atom is 0.244 e. The van der Waals surface area contributed by atoms with Crippen molar-refractivity contribution in [2.45, 2.75) is 31.6 Å². The number of hydrogen-bond acceptors (Lipinski definition) is 2. The van der Waals surface area contributed by atoms with Crippen LogP contribution in [-0.2, 0) is 10.2 Å². The van der Waals surface area contributed by atoms with Crippen molar-refractivity contribution >= 4 is 5.91 Å². The van der Waals surface area contributed by atoms with Crippen molar-refractivity contribution in [2.75, 3.05) is 0 Å². The van der Waals surface area contributed by atoms with E-state index in [1.165, 1.54) is 6.07 Å². The van der Waals surface area contributed by atoms with Gasteiger partial charge in [0.2, 0.25) is 5.91 Å². The normalized spacial score (nSPS) is 17.7. The quantitative estimate of drug-likeness (QED) is 0.453. The smallest absolute Gasteiger partial charge is 0.244 e. The van der Waals surface area contributed by atoms with Crippen LogP contribution >= 0.6 is 0 Å². The van der Waals surface area contributed by atoms with Gasteiger partial charge in [-0.2, -0.15) is 0 Å². The summed E-state index contributed by atoms with van der Waals surface area (Å²) in [6.45, 7) is 1.70. The molecule has 1 aromatic rings. The van der Waals surface area contributed by atoms with E-state index < -0.39 is 5.41 Å². The fraction of sp³-hybridized carbons (Fsp3) is 0.417. The number of hydrazine groups is 1. The highest BCUT2D eigenvalue weighted by Crippen LogP contribution is 2.44. The fourth-order valence-electron chi connectivity index (χ4n) is 2.26. The molecular formula is C12H15FN2O. The van der Waals surface area contributed by atoms with Crippen LogP contribution in [-0.4, -0.2) is 5.91 Å². The molecule has 1 aromatic carbocycles. The van der Waals surface area contributed by atoms with E-state index in [0.29, 0.717) is 5.56 Å². The summed E-state index contributed by atoms with van der Waals surface area (Å²) < 4.78 is 13.2. The van der Waals surface area contributed by atoms with E-state index in [0.717, 1.165) is 24.8 Å². The molecule has 4 heteroatoms. The molecule has 1 saturated carbocycles. The van der Waals surface area contributed by atoms with Gasteiger partial charge < -0.3 is 0 Å². The van der Waals surface area contributed by atoms with Gasteiger partial charge in [0.1, 0.15) is 5.82 Å². The fourth-order valence-corrected chi connectivity index (χ4v) is 2.26. The summed E-state index contributed by atoms with van der Waals surface area (Å²) in [5.74, 6) is 4.78. The Morgan fingerprint density at radius 2 is 2.19 bits per heavy atom. The molecule has 1 fully saturated rings. The molecule has 1 aliphatic carbocycles. The van der Waals surface area contributed by atoms with Crippen molar-refractivity contribution in [3.63, 3.8) is 0 Å². The Labute approximate surface area is 93.8 Å². The van der Waals surface area contributed by atoms with Gasteiger partial charge in [-0.15, -0.1) is 0 Å². The maximum absolute atomic E-state index is 13.2. The minimum absolute atomic E-state index is 0.176. The first-order valence-electron chi connectivity index (χ1n) is 5.38. The molecule has 1 amide bonds. The third-order valence-corrected chi connectivity index (χ3v) is 3.48. The standard InChI is InChI=1S/C12H15FN2O/c1-8-7-9(3-4-10(8)13)12(5-2-6-12)11(16)15-14/h3-4,7H,2,5-6,14H2,1H3,(H,15,16). The Balaban J connectivity index is 2.41. The lowest BCUT2D eigenvalue weighted by Gasteiger charge is -2.40. The summed E-state index contributed by atoms with van der Waals surface area (Å²) >= 11 is 0. The summed E-state index contributed by atoms with van der Waals surface area (Å²) in [6.07, 6.45) is 2.56. The zero-order valence-electron chi connectivity index (χ0n) is 9.22. The predicted octanol–water partition coefficient (Wildman–Crippen LogP) is 1.55. The minimum Gasteiger partial charge on any atom is -0.293 e. The molecule has 0 spiro atoms. The van der Waals surface area contributed by atoms with E-state index in [9.17, 15) is 9.18 Å². The topological polar surface area (TPSA) is 55.1 Å². The first-order valence-corrected chi connectivity index (χ1v) is 5.38. The van der Waals surface area contributed by atoms with Crippen LogP contribution < -0.4 is 11.3 Å². The Kier molecular flexibility index (Phi) is 2.68. The molecule has 2 rings (SSSR count). The van der Waals surface area contributed by atoms with Crippen molar-refractivity contribution in [2.24, 2.45) is 5.84 Å². The summed E-state index contributed by atoms with van der Waals surface area (Å²) in [6, 6.07) is 4.83. The third-order valence-electron chi connectivity index (χ3n) is 3.48. The Morgan fingerprint density at radius 1 is 1.50 bits per heavy atom. The van der Waals surface area contributed by atoms with Gasteiger partial charge in [0.25, 0.3) is 0 Å². The second-order valence-electron chi connectivity index (χ2n) is 4.37. The molecule has 0 atom stereocenters. The van der Waals surface area contributed by atoms with Gasteiger partial charge in [-0.05, 0) is 37.0 Å². The Hall–Kier alpha value is -1.42. The van der Waals surface area contributed by atoms with Crippen LogP contribution in [0.1, 0.15) is 30.4 Å². The number of benzene rings is 1. The zero-order chi connectivity index (χ0) is 11.8. The molecule has 0 aliphatic heterocycles. The summed E-state index contributed by atoms with van der Waals surface area (Å²) in [7, 11) is 0. The molecule has 0 bridgehead atoms. The summed E-state index contributed by atoms with van der Waals surface area (Å²) in [5, 5.41) is 0. The number of hydrogen-bond donors (Lipinski definition) is 2. The number of rotatable bonds is 2. The van der Waals surface area contributed by atoms with Crippen LogP contribution in [0.2, 0.25) is 0 Å². The molecule has 16 heavy (non-hydrogen) atoms. The van der Waals surface area contributed by atoms with Crippen molar-refractivity contribution in [3.05, 3.63) is 35.1 Å². The van der Waals surface area contributed by atoms with Gasteiger partial charge >= 0.3 is 0 Å². The number of carbonyl (C=O) groups is 1. The first-order chi connectivity index (χ1) is 7.60. The van der Waals surface area contributed by atoms with Gasteiger partial charge in [0.15, 0.2) is 0 Å². The van der Waals surface area contributed by atoms with E-state index in [1.54, 1.807) is 19.1 Å². The average molecular weight is 222 g/mol. The lowest BCUT2D eigenvalue weighted by atomic mass is 9.63. The van der Waals surface area contributed by atoms with Gasteiger partial charge in [-0.3, -0.25) is 10.2 Å². The third kappa shape index (κ3) is 1.50. The summed E-state index contributed by atoms with van der Waals surface area (Å²) in [5.41, 5.74) is 3.10. The van der Waals surface area contributed by atoms with E-state index in [4.69, 9.17) is 5.84 Å². The zero-order valence-corrected chi connectivity index (χ0v) is 9.22. The number of carbonyl (C=O) groups excluding carboxylic acids is 1. The van der Waals surface area contributed by atoms with E-state index in [1.807, 2.05) is 0 Å². The van der Waals surface area contributed by atoms with E-state index >= 15 is 0 Å². The number of amides is 1. The largest absolute Gasteiger partial charge is 0.293 e. The molecule has 1 aliphatic rings. The second-order valence-corrected chi connectivity index (χ2v) is 4.37. The van der Waals surface area contributed by atoms with Crippen LogP contribution in [0.4, 0.5) is 4.39 Å². The number of aryl methyl sites for hydroxylation is 1. The Morgan fingerprint density at radius 3 is 2.62 bits per heavy atom. The highest BCUT2D eigenvalue weighted by molar-refractivity contribution is 5.88. The van der Waals surface area contributed by atoms with Crippen molar-refractivity contribution in [1.29, 1.82) is 0 Å². The molecule has 0 heterocycles. The van der Waals surface area contributed by atoms with Crippen molar-refractivity contribution in [3.8, 4) is 0 Å². The lowest BCUT2D eigenvalue weighted by Crippen LogP contribution is -2.51. The second kappa shape index (κ2) is 3.87. The molecular weight excluding hydrogens is 207 g/mol. The molecule has 0 radical (unpaired) electrons. The van der Waals surface area contributed by atoms with Crippen LogP contribution in [0.5, 0.6) is 0 Å².